The Morgan fingerprint density at radius 2 is 1.57 bits per heavy atom. The summed E-state index contributed by atoms with van der Waals surface area (Å²) in [5.74, 6) is -2.24. The number of hydrogen-bond donors (Lipinski definition) is 2. The Balaban J connectivity index is 0.000000493. The molecule has 2 atom stereocenters. The number of alkyl halides is 3. The minimum absolute atomic E-state index is 0.0263. The molecule has 4 aromatic rings. The van der Waals surface area contributed by atoms with Crippen molar-refractivity contribution >= 4 is 23.1 Å². The minimum Gasteiger partial charge on any atom is -0.475 e. The van der Waals surface area contributed by atoms with Crippen molar-refractivity contribution in [1.82, 2.24) is 24.0 Å². The van der Waals surface area contributed by atoms with E-state index >= 15 is 0 Å². The minimum atomic E-state index is -5.08. The van der Waals surface area contributed by atoms with E-state index < -0.39 is 23.4 Å². The first-order valence-electron chi connectivity index (χ1n) is 13.8. The summed E-state index contributed by atoms with van der Waals surface area (Å²) in [5, 5.41) is 10.6. The van der Waals surface area contributed by atoms with Crippen LogP contribution in [0.2, 0.25) is 0 Å². The first-order valence-corrected chi connectivity index (χ1v) is 13.8. The summed E-state index contributed by atoms with van der Waals surface area (Å²) in [6, 6.07) is 12.4. The number of carboxylic acids is 1. The van der Waals surface area contributed by atoms with Crippen LogP contribution in [-0.2, 0) is 31.4 Å². The number of halogens is 5. The molecule has 2 aromatic carbocycles. The first-order chi connectivity index (χ1) is 20.8. The van der Waals surface area contributed by atoms with Gasteiger partial charge in [0.25, 0.3) is 5.56 Å². The average Bonchev–Trinajstić information content (AvgIpc) is 3.70. The van der Waals surface area contributed by atoms with E-state index in [0.29, 0.717) is 41.6 Å². The maximum atomic E-state index is 13.8. The molecule has 2 aromatic heterocycles. The van der Waals surface area contributed by atoms with Crippen molar-refractivity contribution < 1.29 is 31.9 Å². The zero-order chi connectivity index (χ0) is 31.8. The number of imidazole rings is 1. The Labute approximate surface area is 247 Å². The monoisotopic (exact) mass is 620 g/mol. The van der Waals surface area contributed by atoms with Gasteiger partial charge in [0.2, 0.25) is 5.95 Å². The molecule has 6 rings (SSSR count). The fraction of sp³-hybridized carbons (Fsp3) is 0.379. The van der Waals surface area contributed by atoms with Crippen LogP contribution in [0, 0.1) is 17.6 Å². The SMILES string of the molecule is Cn1c(=O)n(Cc2ccc(F)cc2)c(=O)c2c1nc(N1CCC3CNCC31)n2CCc1ccc(F)cc1.O=C(O)C(F)(F)F. The van der Waals surface area contributed by atoms with Crippen LogP contribution in [0.3, 0.4) is 0 Å². The van der Waals surface area contributed by atoms with Crippen LogP contribution in [-0.4, -0.2) is 61.6 Å². The quantitative estimate of drug-likeness (QED) is 0.319. The molecule has 2 aliphatic heterocycles. The molecule has 15 heteroatoms. The Bertz CT molecular complexity index is 1780. The summed E-state index contributed by atoms with van der Waals surface area (Å²) in [7, 11) is 1.62. The number of hydrogen-bond acceptors (Lipinski definition) is 6. The van der Waals surface area contributed by atoms with E-state index in [-0.39, 0.29) is 24.2 Å². The van der Waals surface area contributed by atoms with E-state index in [2.05, 4.69) is 10.2 Å². The van der Waals surface area contributed by atoms with Crippen molar-refractivity contribution in [2.24, 2.45) is 13.0 Å². The van der Waals surface area contributed by atoms with Gasteiger partial charge in [-0.2, -0.15) is 18.2 Å². The molecular weight excluding hydrogens is 591 g/mol. The molecular formula is C29H29F5N6O4. The number of nitrogens with zero attached hydrogens (tertiary/aromatic N) is 5. The van der Waals surface area contributed by atoms with Gasteiger partial charge in [0.15, 0.2) is 11.2 Å². The third-order valence-corrected chi connectivity index (χ3v) is 7.95. The lowest BCUT2D eigenvalue weighted by molar-refractivity contribution is -0.192. The van der Waals surface area contributed by atoms with Gasteiger partial charge in [-0.1, -0.05) is 24.3 Å². The summed E-state index contributed by atoms with van der Waals surface area (Å²) in [6.45, 7) is 3.11. The normalized spacial score (nSPS) is 17.9. The van der Waals surface area contributed by atoms with E-state index in [1.54, 1.807) is 31.3 Å². The van der Waals surface area contributed by atoms with Crippen molar-refractivity contribution in [3.63, 3.8) is 0 Å². The zero-order valence-electron chi connectivity index (χ0n) is 23.5. The van der Waals surface area contributed by atoms with Crippen LogP contribution in [0.4, 0.5) is 27.9 Å². The van der Waals surface area contributed by atoms with Crippen molar-refractivity contribution in [1.29, 1.82) is 0 Å². The van der Waals surface area contributed by atoms with Gasteiger partial charge in [-0.05, 0) is 54.2 Å². The molecule has 2 unspecified atom stereocenters. The lowest BCUT2D eigenvalue weighted by Gasteiger charge is -2.25. The molecule has 4 heterocycles. The second-order valence-corrected chi connectivity index (χ2v) is 10.7. The Morgan fingerprint density at radius 3 is 2.16 bits per heavy atom. The molecule has 0 saturated carbocycles. The lowest BCUT2D eigenvalue weighted by atomic mass is 10.1. The van der Waals surface area contributed by atoms with E-state index in [1.807, 2.05) is 4.57 Å². The number of fused-ring (bicyclic) bond motifs is 2. The smallest absolute Gasteiger partial charge is 0.475 e. The van der Waals surface area contributed by atoms with Crippen molar-refractivity contribution in [3.8, 4) is 0 Å². The number of carbonyl (C=O) groups is 1. The van der Waals surface area contributed by atoms with Gasteiger partial charge in [-0.3, -0.25) is 13.9 Å². The van der Waals surface area contributed by atoms with Gasteiger partial charge in [0.1, 0.15) is 11.6 Å². The molecule has 2 aliphatic rings. The maximum Gasteiger partial charge on any atom is 0.490 e. The number of aliphatic carboxylic acids is 1. The number of anilines is 1. The lowest BCUT2D eigenvalue weighted by Crippen LogP contribution is -2.40. The Hall–Kier alpha value is -4.53. The fourth-order valence-electron chi connectivity index (χ4n) is 5.69. The average molecular weight is 621 g/mol. The molecule has 10 nitrogen and oxygen atoms in total. The van der Waals surface area contributed by atoms with Gasteiger partial charge < -0.3 is 19.9 Å². The molecule has 2 N–H and O–H groups in total. The van der Waals surface area contributed by atoms with Crippen LogP contribution in [0.25, 0.3) is 11.2 Å². The molecule has 2 fully saturated rings. The molecule has 2 saturated heterocycles. The Morgan fingerprint density at radius 1 is 0.977 bits per heavy atom. The van der Waals surface area contributed by atoms with E-state index in [4.69, 9.17) is 14.9 Å². The maximum absolute atomic E-state index is 13.8. The van der Waals surface area contributed by atoms with Crippen LogP contribution in [0.5, 0.6) is 0 Å². The number of aryl methyl sites for hydroxylation is 3. The molecule has 0 radical (unpaired) electrons. The molecule has 234 valence electrons. The number of rotatable bonds is 6. The molecule has 0 amide bonds. The van der Waals surface area contributed by atoms with Crippen LogP contribution >= 0.6 is 0 Å². The molecule has 0 spiro atoms. The van der Waals surface area contributed by atoms with Crippen LogP contribution < -0.4 is 21.5 Å². The summed E-state index contributed by atoms with van der Waals surface area (Å²) < 4.78 is 63.1. The number of nitrogens with one attached hydrogen (secondary N) is 1. The van der Waals surface area contributed by atoms with Crippen LogP contribution in [0.15, 0.2) is 58.1 Å². The van der Waals surface area contributed by atoms with Gasteiger partial charge >= 0.3 is 17.8 Å². The predicted molar refractivity (Wildman–Crippen MR) is 151 cm³/mol. The second kappa shape index (κ2) is 12.2. The second-order valence-electron chi connectivity index (χ2n) is 10.7. The number of benzene rings is 2. The predicted octanol–water partition coefficient (Wildman–Crippen LogP) is 2.90. The molecule has 44 heavy (non-hydrogen) atoms. The Kier molecular flexibility index (Phi) is 8.59. The summed E-state index contributed by atoms with van der Waals surface area (Å²) in [4.78, 5) is 43.1. The highest BCUT2D eigenvalue weighted by Gasteiger charge is 2.40. The highest BCUT2D eigenvalue weighted by Crippen LogP contribution is 2.33. The number of carboxylic acid groups (broad SMARTS) is 1. The third kappa shape index (κ3) is 6.23. The standard InChI is InChI=1S/C27H28F2N6O2.C2HF3O2/c1-32-24-23(25(36)35(27(32)37)16-18-4-8-21(29)9-5-18)34(12-10-17-2-6-20(28)7-3-17)26(31-24)33-13-11-19-14-30-15-22(19)33;3-2(4,5)1(6)7/h2-9,19,22,30H,10-16H2,1H3;(H,6,7). The highest BCUT2D eigenvalue weighted by molar-refractivity contribution is 5.75. The molecule has 0 aliphatic carbocycles. The van der Waals surface area contributed by atoms with Crippen molar-refractivity contribution in [3.05, 3.63) is 92.1 Å². The van der Waals surface area contributed by atoms with Crippen LogP contribution in [0.1, 0.15) is 17.5 Å². The summed E-state index contributed by atoms with van der Waals surface area (Å²) >= 11 is 0. The van der Waals surface area contributed by atoms with E-state index in [1.165, 1.54) is 33.4 Å². The third-order valence-electron chi connectivity index (χ3n) is 7.95. The van der Waals surface area contributed by atoms with Gasteiger partial charge in [-0.15, -0.1) is 0 Å². The van der Waals surface area contributed by atoms with Crippen molar-refractivity contribution in [2.75, 3.05) is 24.5 Å². The summed E-state index contributed by atoms with van der Waals surface area (Å²) in [5.41, 5.74) is 1.38. The molecule has 0 bridgehead atoms. The van der Waals surface area contributed by atoms with E-state index in [0.717, 1.165) is 31.6 Å². The largest absolute Gasteiger partial charge is 0.490 e. The van der Waals surface area contributed by atoms with Crippen molar-refractivity contribution in [2.45, 2.75) is 38.1 Å². The first kappa shape index (κ1) is 30.9. The van der Waals surface area contributed by atoms with Gasteiger partial charge in [0.05, 0.1) is 6.54 Å². The summed E-state index contributed by atoms with van der Waals surface area (Å²) in [6.07, 6.45) is -3.48. The number of aromatic nitrogens is 4. The fourth-order valence-corrected chi connectivity index (χ4v) is 5.69. The van der Waals surface area contributed by atoms with Gasteiger partial charge in [-0.25, -0.2) is 18.4 Å². The highest BCUT2D eigenvalue weighted by atomic mass is 19.4. The van der Waals surface area contributed by atoms with Gasteiger partial charge in [0, 0.05) is 39.3 Å². The topological polar surface area (TPSA) is 114 Å². The van der Waals surface area contributed by atoms with E-state index in [9.17, 15) is 31.5 Å². The zero-order valence-corrected chi connectivity index (χ0v) is 23.5.